The van der Waals surface area contributed by atoms with Gasteiger partial charge < -0.3 is 0 Å². The maximum atomic E-state index is 11.0. The summed E-state index contributed by atoms with van der Waals surface area (Å²) in [6.07, 6.45) is 6.82. The van der Waals surface area contributed by atoms with E-state index >= 15 is 0 Å². The van der Waals surface area contributed by atoms with Crippen LogP contribution in [-0.4, -0.2) is 5.78 Å². The zero-order chi connectivity index (χ0) is 6.69. The maximum Gasteiger partial charge on any atom is 0.140 e. The summed E-state index contributed by atoms with van der Waals surface area (Å²) in [6, 6.07) is 0. The van der Waals surface area contributed by atoms with Gasteiger partial charge in [0.1, 0.15) is 5.78 Å². The Balaban J connectivity index is 2.57. The molecule has 1 aliphatic rings. The van der Waals surface area contributed by atoms with E-state index in [1.165, 1.54) is 0 Å². The van der Waals surface area contributed by atoms with Gasteiger partial charge in [-0.1, -0.05) is 19.1 Å². The van der Waals surface area contributed by atoms with Gasteiger partial charge in [-0.3, -0.25) is 4.79 Å². The number of allylic oxidation sites excluding steroid dienone is 2. The highest BCUT2D eigenvalue weighted by atomic mass is 16.1. The molecule has 0 aromatic heterocycles. The second-order valence-electron chi connectivity index (χ2n) is 2.45. The monoisotopic (exact) mass is 124 g/mol. The summed E-state index contributed by atoms with van der Waals surface area (Å²) in [6.45, 7) is 2.05. The van der Waals surface area contributed by atoms with Crippen LogP contribution in [0.4, 0.5) is 0 Å². The summed E-state index contributed by atoms with van der Waals surface area (Å²) >= 11 is 0. The SMILES string of the molecule is CCC1C=CCCC1=O. The second kappa shape index (κ2) is 2.81. The third-order valence-electron chi connectivity index (χ3n) is 1.78. The molecule has 9 heavy (non-hydrogen) atoms. The van der Waals surface area contributed by atoms with Crippen molar-refractivity contribution < 1.29 is 4.79 Å². The summed E-state index contributed by atoms with van der Waals surface area (Å²) in [4.78, 5) is 11.0. The highest BCUT2D eigenvalue weighted by Gasteiger charge is 2.14. The molecule has 0 spiro atoms. The summed E-state index contributed by atoms with van der Waals surface area (Å²) in [5, 5.41) is 0. The summed E-state index contributed by atoms with van der Waals surface area (Å²) in [7, 11) is 0. The molecule has 1 nitrogen and oxygen atoms in total. The minimum absolute atomic E-state index is 0.235. The van der Waals surface area contributed by atoms with E-state index in [2.05, 4.69) is 13.0 Å². The molecule has 1 aliphatic carbocycles. The Labute approximate surface area is 55.8 Å². The van der Waals surface area contributed by atoms with Crippen molar-refractivity contribution in [3.8, 4) is 0 Å². The average Bonchev–Trinajstić information content (AvgIpc) is 1.89. The van der Waals surface area contributed by atoms with Crippen LogP contribution < -0.4 is 0 Å². The van der Waals surface area contributed by atoms with Crippen LogP contribution in [0.25, 0.3) is 0 Å². The van der Waals surface area contributed by atoms with Crippen molar-refractivity contribution in [2.45, 2.75) is 26.2 Å². The maximum absolute atomic E-state index is 11.0. The topological polar surface area (TPSA) is 17.1 Å². The molecule has 0 bridgehead atoms. The highest BCUT2D eigenvalue weighted by molar-refractivity contribution is 5.83. The number of carbonyl (C=O) groups is 1. The molecule has 0 N–H and O–H groups in total. The van der Waals surface area contributed by atoms with Gasteiger partial charge in [0.25, 0.3) is 0 Å². The van der Waals surface area contributed by atoms with E-state index in [0.717, 1.165) is 19.3 Å². The van der Waals surface area contributed by atoms with Crippen molar-refractivity contribution in [1.29, 1.82) is 0 Å². The predicted molar refractivity (Wildman–Crippen MR) is 37.2 cm³/mol. The quantitative estimate of drug-likeness (QED) is 0.488. The van der Waals surface area contributed by atoms with E-state index < -0.39 is 0 Å². The van der Waals surface area contributed by atoms with Gasteiger partial charge in [0, 0.05) is 12.3 Å². The third kappa shape index (κ3) is 1.41. The van der Waals surface area contributed by atoms with E-state index in [4.69, 9.17) is 0 Å². The molecule has 1 heteroatoms. The molecule has 1 unspecified atom stereocenters. The van der Waals surface area contributed by atoms with Crippen molar-refractivity contribution in [1.82, 2.24) is 0 Å². The number of carbonyl (C=O) groups excluding carboxylic acids is 1. The molecule has 0 saturated carbocycles. The molecule has 0 radical (unpaired) electrons. The summed E-state index contributed by atoms with van der Waals surface area (Å²) in [5.74, 6) is 0.652. The fourth-order valence-electron chi connectivity index (χ4n) is 1.14. The van der Waals surface area contributed by atoms with E-state index in [0.29, 0.717) is 5.78 Å². The Morgan fingerprint density at radius 2 is 2.56 bits per heavy atom. The highest BCUT2D eigenvalue weighted by Crippen LogP contribution is 2.15. The first-order valence-corrected chi connectivity index (χ1v) is 3.54. The fourth-order valence-corrected chi connectivity index (χ4v) is 1.14. The Bertz CT molecular complexity index is 136. The third-order valence-corrected chi connectivity index (χ3v) is 1.78. The standard InChI is InChI=1S/C8H12O/c1-2-7-5-3-4-6-8(7)9/h3,5,7H,2,4,6H2,1H3. The molecule has 0 aromatic carbocycles. The number of hydrogen-bond donors (Lipinski definition) is 0. The van der Waals surface area contributed by atoms with Crippen LogP contribution in [0.3, 0.4) is 0 Å². The molecule has 0 aromatic rings. The van der Waals surface area contributed by atoms with Gasteiger partial charge in [0.05, 0.1) is 0 Å². The largest absolute Gasteiger partial charge is 0.299 e. The Hall–Kier alpha value is -0.590. The first kappa shape index (κ1) is 6.53. The van der Waals surface area contributed by atoms with Gasteiger partial charge in [-0.2, -0.15) is 0 Å². The van der Waals surface area contributed by atoms with Gasteiger partial charge >= 0.3 is 0 Å². The second-order valence-corrected chi connectivity index (χ2v) is 2.45. The smallest absolute Gasteiger partial charge is 0.140 e. The molecule has 1 atom stereocenters. The Kier molecular flexibility index (Phi) is 2.04. The molecule has 0 heterocycles. The van der Waals surface area contributed by atoms with E-state index in [9.17, 15) is 4.79 Å². The summed E-state index contributed by atoms with van der Waals surface area (Å²) < 4.78 is 0. The molecule has 50 valence electrons. The van der Waals surface area contributed by atoms with Crippen LogP contribution in [0, 0.1) is 5.92 Å². The van der Waals surface area contributed by atoms with Crippen LogP contribution in [0.5, 0.6) is 0 Å². The molecule has 0 aliphatic heterocycles. The van der Waals surface area contributed by atoms with Gasteiger partial charge in [-0.15, -0.1) is 0 Å². The lowest BCUT2D eigenvalue weighted by Crippen LogP contribution is -2.13. The average molecular weight is 124 g/mol. The molecule has 0 fully saturated rings. The Morgan fingerprint density at radius 3 is 3.00 bits per heavy atom. The first-order valence-electron chi connectivity index (χ1n) is 3.54. The number of ketones is 1. The number of hydrogen-bond acceptors (Lipinski definition) is 1. The van der Waals surface area contributed by atoms with Crippen molar-refractivity contribution in [3.05, 3.63) is 12.2 Å². The summed E-state index contributed by atoms with van der Waals surface area (Å²) in [5.41, 5.74) is 0. The van der Waals surface area contributed by atoms with E-state index in [1.54, 1.807) is 0 Å². The van der Waals surface area contributed by atoms with Crippen LogP contribution in [-0.2, 0) is 4.79 Å². The minimum atomic E-state index is 0.235. The van der Waals surface area contributed by atoms with Crippen molar-refractivity contribution >= 4 is 5.78 Å². The predicted octanol–water partition coefficient (Wildman–Crippen LogP) is 1.93. The van der Waals surface area contributed by atoms with Gasteiger partial charge in [0.15, 0.2) is 0 Å². The normalized spacial score (nSPS) is 26.8. The fraction of sp³-hybridized carbons (Fsp3) is 0.625. The molecular formula is C8H12O. The lowest BCUT2D eigenvalue weighted by Gasteiger charge is -2.11. The zero-order valence-corrected chi connectivity index (χ0v) is 5.76. The van der Waals surface area contributed by atoms with Crippen LogP contribution in [0.2, 0.25) is 0 Å². The molecular weight excluding hydrogens is 112 g/mol. The lowest BCUT2D eigenvalue weighted by atomic mass is 9.92. The van der Waals surface area contributed by atoms with Crippen LogP contribution >= 0.6 is 0 Å². The van der Waals surface area contributed by atoms with Gasteiger partial charge in [-0.05, 0) is 12.8 Å². The van der Waals surface area contributed by atoms with E-state index in [1.807, 2.05) is 6.08 Å². The Morgan fingerprint density at radius 1 is 1.78 bits per heavy atom. The van der Waals surface area contributed by atoms with Gasteiger partial charge in [0.2, 0.25) is 0 Å². The van der Waals surface area contributed by atoms with Crippen LogP contribution in [0.1, 0.15) is 26.2 Å². The number of rotatable bonds is 1. The van der Waals surface area contributed by atoms with Crippen molar-refractivity contribution in [2.75, 3.05) is 0 Å². The van der Waals surface area contributed by atoms with Gasteiger partial charge in [-0.25, -0.2) is 0 Å². The van der Waals surface area contributed by atoms with Crippen molar-refractivity contribution in [3.63, 3.8) is 0 Å². The zero-order valence-electron chi connectivity index (χ0n) is 5.76. The first-order chi connectivity index (χ1) is 4.34. The number of Topliss-reactive ketones (excluding diaryl/α,β-unsaturated/α-hetero) is 1. The molecule has 0 saturated heterocycles. The lowest BCUT2D eigenvalue weighted by molar-refractivity contribution is -0.121. The van der Waals surface area contributed by atoms with Crippen LogP contribution in [0.15, 0.2) is 12.2 Å². The van der Waals surface area contributed by atoms with Crippen molar-refractivity contribution in [2.24, 2.45) is 5.92 Å². The molecule has 1 rings (SSSR count). The minimum Gasteiger partial charge on any atom is -0.299 e. The molecule has 0 amide bonds. The van der Waals surface area contributed by atoms with E-state index in [-0.39, 0.29) is 5.92 Å².